The normalized spacial score (nSPS) is 13.6. The molecule has 0 heterocycles. The zero-order chi connectivity index (χ0) is 9.12. The van der Waals surface area contributed by atoms with E-state index in [0.29, 0.717) is 0 Å². The third kappa shape index (κ3) is 3.57. The maximum absolute atomic E-state index is 12.1. The molecule has 0 aliphatic carbocycles. The molecule has 0 saturated heterocycles. The van der Waals surface area contributed by atoms with E-state index in [1.165, 1.54) is 0 Å². The number of hydrogen-bond donors (Lipinski definition) is 0. The first kappa shape index (κ1) is 11.4. The Bertz CT molecular complexity index is 125. The van der Waals surface area contributed by atoms with Crippen molar-refractivity contribution in [1.29, 1.82) is 0 Å². The highest BCUT2D eigenvalue weighted by atomic mass is 127. The molecule has 0 aromatic carbocycles. The fraction of sp³-hybridized carbons (Fsp3) is 1.00. The Morgan fingerprint density at radius 1 is 1.36 bits per heavy atom. The van der Waals surface area contributed by atoms with Gasteiger partial charge < -0.3 is 3.07 Å². The Hall–Kier alpha value is 0.440. The molecule has 0 N–H and O–H groups in total. The number of rotatable bonds is 3. The number of nitrogens with zero attached hydrogens (tertiary/aromatic N) is 1. The van der Waals surface area contributed by atoms with E-state index in [4.69, 9.17) is 0 Å². The summed E-state index contributed by atoms with van der Waals surface area (Å²) in [4.78, 5) is 0. The summed E-state index contributed by atoms with van der Waals surface area (Å²) >= 11 is 1.58. The molecule has 68 valence electrons. The molecule has 0 amide bonds. The lowest BCUT2D eigenvalue weighted by molar-refractivity contribution is -0.996. The maximum Gasteiger partial charge on any atom is 0.560 e. The zero-order valence-corrected chi connectivity index (χ0v) is 8.44. The Labute approximate surface area is 77.6 Å². The van der Waals surface area contributed by atoms with Crippen molar-refractivity contribution >= 4 is 23.0 Å². The van der Waals surface area contributed by atoms with E-state index >= 15 is 0 Å². The summed E-state index contributed by atoms with van der Waals surface area (Å²) < 4.78 is 39.7. The van der Waals surface area contributed by atoms with Crippen LogP contribution in [0, 0.1) is 0 Å². The molecule has 0 unspecified atom stereocenters. The van der Waals surface area contributed by atoms with Gasteiger partial charge in [0.15, 0.2) is 0 Å². The molecule has 2 nitrogen and oxygen atoms in total. The van der Waals surface area contributed by atoms with Gasteiger partial charge in [0, 0.05) is 0 Å². The Balaban J connectivity index is 4.00. The SMILES string of the molecule is C[N+](C)(CCOI)C(F)(F)F. The van der Waals surface area contributed by atoms with Gasteiger partial charge in [-0.2, -0.15) is 0 Å². The summed E-state index contributed by atoms with van der Waals surface area (Å²) in [7, 11) is 2.21. The van der Waals surface area contributed by atoms with Gasteiger partial charge in [0.25, 0.3) is 0 Å². The van der Waals surface area contributed by atoms with Gasteiger partial charge in [-0.15, -0.1) is 13.2 Å². The van der Waals surface area contributed by atoms with Crippen molar-refractivity contribution < 1.29 is 20.7 Å². The first-order chi connectivity index (χ1) is 4.81. The summed E-state index contributed by atoms with van der Waals surface area (Å²) in [6, 6.07) is 0. The lowest BCUT2D eigenvalue weighted by atomic mass is 10.5. The monoisotopic (exact) mass is 284 g/mol. The van der Waals surface area contributed by atoms with Crippen LogP contribution in [0.1, 0.15) is 0 Å². The molecule has 0 fully saturated rings. The predicted octanol–water partition coefficient (Wildman–Crippen LogP) is 1.95. The largest absolute Gasteiger partial charge is 0.560 e. The van der Waals surface area contributed by atoms with E-state index in [9.17, 15) is 13.2 Å². The van der Waals surface area contributed by atoms with Crippen LogP contribution in [0.5, 0.6) is 0 Å². The summed E-state index contributed by atoms with van der Waals surface area (Å²) in [6.07, 6.45) is -4.20. The van der Waals surface area contributed by atoms with Crippen LogP contribution in [0.25, 0.3) is 0 Å². The van der Waals surface area contributed by atoms with Crippen molar-refractivity contribution in [2.45, 2.75) is 6.30 Å². The molecule has 0 aliphatic heterocycles. The molecule has 0 aliphatic rings. The number of likely N-dealkylation sites (N-methyl/N-ethyl adjacent to an activating group) is 1. The molecule has 0 aromatic rings. The molecule has 0 saturated carbocycles. The summed E-state index contributed by atoms with van der Waals surface area (Å²) in [5, 5.41) is 0. The first-order valence-corrected chi connectivity index (χ1v) is 3.82. The van der Waals surface area contributed by atoms with Gasteiger partial charge >= 0.3 is 6.30 Å². The van der Waals surface area contributed by atoms with Gasteiger partial charge in [0.2, 0.25) is 0 Å². The third-order valence-electron chi connectivity index (χ3n) is 1.41. The van der Waals surface area contributed by atoms with Crippen LogP contribution in [-0.4, -0.2) is 38.0 Å². The van der Waals surface area contributed by atoms with Crippen LogP contribution in [0.3, 0.4) is 0 Å². The minimum absolute atomic E-state index is 0.0631. The second-order valence-corrected chi connectivity index (χ2v) is 3.31. The number of quaternary nitrogens is 1. The smallest absolute Gasteiger partial charge is 0.310 e. The lowest BCUT2D eigenvalue weighted by Gasteiger charge is -2.29. The van der Waals surface area contributed by atoms with Crippen molar-refractivity contribution in [2.24, 2.45) is 0 Å². The lowest BCUT2D eigenvalue weighted by Crippen LogP contribution is -2.53. The fourth-order valence-electron chi connectivity index (χ4n) is 0.389. The molecule has 0 rings (SSSR count). The molecular formula is C5H10F3INO+. The topological polar surface area (TPSA) is 9.23 Å². The first-order valence-electron chi connectivity index (χ1n) is 2.94. The van der Waals surface area contributed by atoms with E-state index in [2.05, 4.69) is 3.07 Å². The number of hydrogen-bond acceptors (Lipinski definition) is 1. The summed E-state index contributed by atoms with van der Waals surface area (Å²) in [6.45, 7) is 0.0412. The van der Waals surface area contributed by atoms with Gasteiger partial charge in [0.1, 0.15) is 36.2 Å². The van der Waals surface area contributed by atoms with E-state index in [1.54, 1.807) is 23.0 Å². The third-order valence-corrected chi connectivity index (χ3v) is 1.85. The quantitative estimate of drug-likeness (QED) is 0.437. The Morgan fingerprint density at radius 3 is 2.09 bits per heavy atom. The van der Waals surface area contributed by atoms with Crippen molar-refractivity contribution in [3.63, 3.8) is 0 Å². The van der Waals surface area contributed by atoms with Crippen molar-refractivity contribution in [3.05, 3.63) is 0 Å². The molecule has 11 heavy (non-hydrogen) atoms. The number of halogens is 4. The van der Waals surface area contributed by atoms with Gasteiger partial charge in [-0.05, 0) is 0 Å². The van der Waals surface area contributed by atoms with Gasteiger partial charge in [-0.1, -0.05) is 0 Å². The standard InChI is InChI=1S/C5H10F3INO/c1-10(2,3-4-11-9)5(6,7)8/h3-4H2,1-2H3/q+1. The van der Waals surface area contributed by atoms with Gasteiger partial charge in [-0.25, -0.2) is 4.48 Å². The fourth-order valence-corrected chi connectivity index (χ4v) is 0.586. The van der Waals surface area contributed by atoms with E-state index in [0.717, 1.165) is 14.1 Å². The minimum atomic E-state index is -4.20. The van der Waals surface area contributed by atoms with Gasteiger partial charge in [-0.3, -0.25) is 0 Å². The second-order valence-electron chi connectivity index (χ2n) is 2.69. The molecule has 0 aromatic heterocycles. The Kier molecular flexibility index (Phi) is 4.06. The molecule has 0 atom stereocenters. The molecule has 0 radical (unpaired) electrons. The summed E-state index contributed by atoms with van der Waals surface area (Å²) in [5.74, 6) is 0. The van der Waals surface area contributed by atoms with Crippen molar-refractivity contribution in [1.82, 2.24) is 0 Å². The van der Waals surface area contributed by atoms with Crippen LogP contribution in [0.15, 0.2) is 0 Å². The van der Waals surface area contributed by atoms with E-state index < -0.39 is 10.8 Å². The second kappa shape index (κ2) is 3.90. The molecular weight excluding hydrogens is 274 g/mol. The van der Waals surface area contributed by atoms with Crippen LogP contribution < -0.4 is 0 Å². The molecule has 0 spiro atoms. The zero-order valence-electron chi connectivity index (χ0n) is 6.28. The molecule has 6 heteroatoms. The predicted molar refractivity (Wildman–Crippen MR) is 43.0 cm³/mol. The van der Waals surface area contributed by atoms with Gasteiger partial charge in [0.05, 0.1) is 14.1 Å². The van der Waals surface area contributed by atoms with E-state index in [-0.39, 0.29) is 13.2 Å². The molecule has 0 bridgehead atoms. The van der Waals surface area contributed by atoms with Crippen LogP contribution in [0.2, 0.25) is 0 Å². The van der Waals surface area contributed by atoms with Crippen molar-refractivity contribution in [2.75, 3.05) is 27.2 Å². The average molecular weight is 284 g/mol. The Morgan fingerprint density at radius 2 is 1.82 bits per heavy atom. The summed E-state index contributed by atoms with van der Waals surface area (Å²) in [5.41, 5.74) is 0. The highest BCUT2D eigenvalue weighted by molar-refractivity contribution is 14.1. The highest BCUT2D eigenvalue weighted by Crippen LogP contribution is 2.25. The van der Waals surface area contributed by atoms with Crippen molar-refractivity contribution in [3.8, 4) is 0 Å². The minimum Gasteiger partial charge on any atom is -0.310 e. The van der Waals surface area contributed by atoms with Crippen LogP contribution in [0.4, 0.5) is 13.2 Å². The number of alkyl halides is 3. The maximum atomic E-state index is 12.1. The highest BCUT2D eigenvalue weighted by Gasteiger charge is 2.48. The van der Waals surface area contributed by atoms with E-state index in [1.807, 2.05) is 0 Å². The van der Waals surface area contributed by atoms with Crippen LogP contribution in [-0.2, 0) is 3.07 Å². The average Bonchev–Trinajstić information content (AvgIpc) is 1.81. The van der Waals surface area contributed by atoms with Crippen LogP contribution >= 0.6 is 23.0 Å².